The molecule has 1 aliphatic heterocycles. The number of carbonyl (C=O) groups is 1. The number of hydrogen-bond donors (Lipinski definition) is 2. The van der Waals surface area contributed by atoms with E-state index in [1.807, 2.05) is 24.3 Å². The normalized spacial score (nSPS) is 20.2. The first kappa shape index (κ1) is 10.6. The van der Waals surface area contributed by atoms with Gasteiger partial charge in [0.2, 0.25) is 0 Å². The lowest BCUT2D eigenvalue weighted by Gasteiger charge is -2.11. The quantitative estimate of drug-likeness (QED) is 0.855. The molecule has 0 unspecified atom stereocenters. The number of halogens is 1. The van der Waals surface area contributed by atoms with Crippen LogP contribution in [0.25, 0.3) is 0 Å². The minimum absolute atomic E-state index is 0.00354. The van der Waals surface area contributed by atoms with Crippen LogP contribution in [0.3, 0.4) is 0 Å². The molecule has 1 aromatic carbocycles. The van der Waals surface area contributed by atoms with Crippen molar-refractivity contribution >= 4 is 21.8 Å². The summed E-state index contributed by atoms with van der Waals surface area (Å²) in [4.78, 5) is 11.9. The molecule has 0 aromatic heterocycles. The van der Waals surface area contributed by atoms with Gasteiger partial charge in [-0.2, -0.15) is 0 Å². The van der Waals surface area contributed by atoms with Gasteiger partial charge in [0.15, 0.2) is 0 Å². The summed E-state index contributed by atoms with van der Waals surface area (Å²) in [5.41, 5.74) is 0.699. The Balaban J connectivity index is 2.04. The zero-order valence-corrected chi connectivity index (χ0v) is 9.88. The summed E-state index contributed by atoms with van der Waals surface area (Å²) in [6, 6.07) is 7.73. The number of nitrogens with one attached hydrogen (secondary N) is 2. The molecule has 1 heterocycles. The molecule has 1 aliphatic rings. The Bertz CT molecular complexity index is 361. The summed E-state index contributed by atoms with van der Waals surface area (Å²) >= 11 is 3.37. The molecule has 1 amide bonds. The summed E-state index contributed by atoms with van der Waals surface area (Å²) in [6.45, 7) is 1.86. The maximum atomic E-state index is 11.9. The van der Waals surface area contributed by atoms with Crippen molar-refractivity contribution in [1.29, 1.82) is 0 Å². The molecule has 0 radical (unpaired) electrons. The Labute approximate surface area is 97.4 Å². The summed E-state index contributed by atoms with van der Waals surface area (Å²) in [5, 5.41) is 6.22. The van der Waals surface area contributed by atoms with E-state index in [-0.39, 0.29) is 11.9 Å². The summed E-state index contributed by atoms with van der Waals surface area (Å²) in [5.74, 6) is -0.00354. The van der Waals surface area contributed by atoms with Gasteiger partial charge in [-0.1, -0.05) is 12.1 Å². The number of rotatable bonds is 2. The first-order chi connectivity index (χ1) is 7.27. The standard InChI is InChI=1S/C11H13BrN2O/c12-10-4-2-1-3-9(10)11(15)14-8-5-6-13-7-8/h1-4,8,13H,5-7H2,(H,14,15)/t8-/m1/s1. The van der Waals surface area contributed by atoms with Crippen LogP contribution in [0.2, 0.25) is 0 Å². The molecule has 4 heteroatoms. The van der Waals surface area contributed by atoms with Gasteiger partial charge in [-0.15, -0.1) is 0 Å². The van der Waals surface area contributed by atoms with Crippen molar-refractivity contribution in [3.8, 4) is 0 Å². The zero-order chi connectivity index (χ0) is 10.7. The fourth-order valence-electron chi connectivity index (χ4n) is 1.69. The average molecular weight is 269 g/mol. The number of carbonyl (C=O) groups excluding carboxylic acids is 1. The van der Waals surface area contributed by atoms with Crippen molar-refractivity contribution in [3.05, 3.63) is 34.3 Å². The van der Waals surface area contributed by atoms with Crippen molar-refractivity contribution in [1.82, 2.24) is 10.6 Å². The van der Waals surface area contributed by atoms with Crippen molar-refractivity contribution in [3.63, 3.8) is 0 Å². The van der Waals surface area contributed by atoms with Gasteiger partial charge in [0, 0.05) is 17.1 Å². The number of amides is 1. The predicted molar refractivity (Wildman–Crippen MR) is 62.9 cm³/mol. The van der Waals surface area contributed by atoms with Crippen LogP contribution in [0.4, 0.5) is 0 Å². The third kappa shape index (κ3) is 2.58. The molecule has 0 aliphatic carbocycles. The molecule has 1 saturated heterocycles. The summed E-state index contributed by atoms with van der Waals surface area (Å²) in [6.07, 6.45) is 1.01. The molecule has 1 fully saturated rings. The van der Waals surface area contributed by atoms with Crippen LogP contribution < -0.4 is 10.6 Å². The van der Waals surface area contributed by atoms with Crippen LogP contribution in [0.1, 0.15) is 16.8 Å². The molecular formula is C11H13BrN2O. The monoisotopic (exact) mass is 268 g/mol. The molecular weight excluding hydrogens is 256 g/mol. The van der Waals surface area contributed by atoms with E-state index >= 15 is 0 Å². The van der Waals surface area contributed by atoms with Gasteiger partial charge >= 0.3 is 0 Å². The molecule has 2 N–H and O–H groups in total. The lowest BCUT2D eigenvalue weighted by molar-refractivity contribution is 0.0939. The summed E-state index contributed by atoms with van der Waals surface area (Å²) in [7, 11) is 0. The van der Waals surface area contributed by atoms with Gasteiger partial charge in [0.05, 0.1) is 5.56 Å². The second-order valence-electron chi connectivity index (χ2n) is 3.64. The maximum absolute atomic E-state index is 11.9. The van der Waals surface area contributed by atoms with Crippen LogP contribution in [0.5, 0.6) is 0 Å². The summed E-state index contributed by atoms with van der Waals surface area (Å²) < 4.78 is 0.841. The van der Waals surface area contributed by atoms with E-state index in [1.165, 1.54) is 0 Å². The minimum Gasteiger partial charge on any atom is -0.348 e. The topological polar surface area (TPSA) is 41.1 Å². The van der Waals surface area contributed by atoms with E-state index in [0.29, 0.717) is 5.56 Å². The minimum atomic E-state index is -0.00354. The zero-order valence-electron chi connectivity index (χ0n) is 8.29. The molecule has 0 saturated carbocycles. The van der Waals surface area contributed by atoms with Gasteiger partial charge in [0.25, 0.3) is 5.91 Å². The lowest BCUT2D eigenvalue weighted by Crippen LogP contribution is -2.36. The highest BCUT2D eigenvalue weighted by molar-refractivity contribution is 9.10. The third-order valence-corrected chi connectivity index (χ3v) is 3.21. The number of hydrogen-bond acceptors (Lipinski definition) is 2. The first-order valence-electron chi connectivity index (χ1n) is 5.03. The van der Waals surface area contributed by atoms with E-state index < -0.39 is 0 Å². The van der Waals surface area contributed by atoms with E-state index in [1.54, 1.807) is 0 Å². The lowest BCUT2D eigenvalue weighted by atomic mass is 10.2. The second-order valence-corrected chi connectivity index (χ2v) is 4.50. The van der Waals surface area contributed by atoms with Crippen molar-refractivity contribution in [2.24, 2.45) is 0 Å². The van der Waals surface area contributed by atoms with E-state index in [4.69, 9.17) is 0 Å². The fourth-order valence-corrected chi connectivity index (χ4v) is 2.15. The molecule has 2 rings (SSSR count). The SMILES string of the molecule is O=C(N[C@@H]1CCNC1)c1ccccc1Br. The average Bonchev–Trinajstić information content (AvgIpc) is 2.71. The van der Waals surface area contributed by atoms with E-state index in [2.05, 4.69) is 26.6 Å². The highest BCUT2D eigenvalue weighted by atomic mass is 79.9. The molecule has 3 nitrogen and oxygen atoms in total. The van der Waals surface area contributed by atoms with E-state index in [9.17, 15) is 4.79 Å². The maximum Gasteiger partial charge on any atom is 0.252 e. The van der Waals surface area contributed by atoms with Gasteiger partial charge in [-0.25, -0.2) is 0 Å². The second kappa shape index (κ2) is 4.77. The van der Waals surface area contributed by atoms with Crippen molar-refractivity contribution in [2.75, 3.05) is 13.1 Å². The molecule has 0 spiro atoms. The van der Waals surface area contributed by atoms with Crippen molar-refractivity contribution < 1.29 is 4.79 Å². The third-order valence-electron chi connectivity index (χ3n) is 2.51. The van der Waals surface area contributed by atoms with Gasteiger partial charge < -0.3 is 10.6 Å². The smallest absolute Gasteiger partial charge is 0.252 e. The van der Waals surface area contributed by atoms with Crippen LogP contribution in [-0.2, 0) is 0 Å². The first-order valence-corrected chi connectivity index (χ1v) is 5.83. The highest BCUT2D eigenvalue weighted by Crippen LogP contribution is 2.15. The Morgan fingerprint density at radius 3 is 2.93 bits per heavy atom. The predicted octanol–water partition coefficient (Wildman–Crippen LogP) is 1.54. The number of benzene rings is 1. The highest BCUT2D eigenvalue weighted by Gasteiger charge is 2.18. The Morgan fingerprint density at radius 2 is 2.27 bits per heavy atom. The van der Waals surface area contributed by atoms with Crippen LogP contribution in [0.15, 0.2) is 28.7 Å². The molecule has 0 bridgehead atoms. The Kier molecular flexibility index (Phi) is 3.38. The Morgan fingerprint density at radius 1 is 1.47 bits per heavy atom. The molecule has 1 aromatic rings. The van der Waals surface area contributed by atoms with Crippen LogP contribution in [0, 0.1) is 0 Å². The van der Waals surface area contributed by atoms with Crippen LogP contribution >= 0.6 is 15.9 Å². The largest absolute Gasteiger partial charge is 0.348 e. The molecule has 80 valence electrons. The Hall–Kier alpha value is -0.870. The van der Waals surface area contributed by atoms with Crippen LogP contribution in [-0.4, -0.2) is 25.0 Å². The van der Waals surface area contributed by atoms with Gasteiger partial charge in [-0.05, 0) is 41.0 Å². The fraction of sp³-hybridized carbons (Fsp3) is 0.364. The van der Waals surface area contributed by atoms with E-state index in [0.717, 1.165) is 24.0 Å². The molecule has 1 atom stereocenters. The van der Waals surface area contributed by atoms with Gasteiger partial charge in [-0.3, -0.25) is 4.79 Å². The van der Waals surface area contributed by atoms with Gasteiger partial charge in [0.1, 0.15) is 0 Å². The van der Waals surface area contributed by atoms with Crippen molar-refractivity contribution in [2.45, 2.75) is 12.5 Å². The molecule has 15 heavy (non-hydrogen) atoms.